The zero-order valence-electron chi connectivity index (χ0n) is 11.1. The van der Waals surface area contributed by atoms with Crippen LogP contribution in [0.4, 0.5) is 0 Å². The van der Waals surface area contributed by atoms with Crippen LogP contribution in [0.2, 0.25) is 0 Å². The van der Waals surface area contributed by atoms with E-state index in [4.69, 9.17) is 4.74 Å². The third-order valence-electron chi connectivity index (χ3n) is 4.57. The number of piperazine rings is 1. The van der Waals surface area contributed by atoms with Crippen LogP contribution < -0.4 is 5.32 Å². The van der Waals surface area contributed by atoms with E-state index in [0.717, 1.165) is 12.6 Å². The Labute approximate surface area is 99.5 Å². The molecule has 2 atom stereocenters. The second-order valence-electron chi connectivity index (χ2n) is 5.80. The SMILES string of the molecule is CCC1(C)CN(C2CC(OC)C2)C(C)CN1. The number of hydrogen-bond donors (Lipinski definition) is 1. The van der Waals surface area contributed by atoms with Gasteiger partial charge in [-0.05, 0) is 33.1 Å². The third kappa shape index (κ3) is 2.27. The molecule has 0 radical (unpaired) electrons. The van der Waals surface area contributed by atoms with E-state index >= 15 is 0 Å². The number of nitrogens with one attached hydrogen (secondary N) is 1. The highest BCUT2D eigenvalue weighted by molar-refractivity contribution is 4.99. The average molecular weight is 226 g/mol. The Balaban J connectivity index is 1.92. The highest BCUT2D eigenvalue weighted by Crippen LogP contribution is 2.32. The minimum atomic E-state index is 0.310. The Morgan fingerprint density at radius 1 is 1.44 bits per heavy atom. The van der Waals surface area contributed by atoms with Crippen molar-refractivity contribution in [2.24, 2.45) is 0 Å². The number of ether oxygens (including phenoxy) is 1. The lowest BCUT2D eigenvalue weighted by Crippen LogP contribution is -2.66. The quantitative estimate of drug-likeness (QED) is 0.791. The van der Waals surface area contributed by atoms with E-state index in [1.807, 2.05) is 7.11 Å². The van der Waals surface area contributed by atoms with Crippen molar-refractivity contribution in [2.75, 3.05) is 20.2 Å². The van der Waals surface area contributed by atoms with Gasteiger partial charge < -0.3 is 10.1 Å². The van der Waals surface area contributed by atoms with E-state index in [2.05, 4.69) is 31.0 Å². The number of methoxy groups -OCH3 is 1. The van der Waals surface area contributed by atoms with Gasteiger partial charge in [-0.25, -0.2) is 0 Å². The molecule has 1 aliphatic carbocycles. The molecule has 2 aliphatic rings. The first-order valence-corrected chi connectivity index (χ1v) is 6.61. The Bertz CT molecular complexity index is 240. The van der Waals surface area contributed by atoms with Crippen molar-refractivity contribution in [3.05, 3.63) is 0 Å². The van der Waals surface area contributed by atoms with Crippen molar-refractivity contribution in [2.45, 2.75) is 63.8 Å². The molecule has 0 aromatic rings. The summed E-state index contributed by atoms with van der Waals surface area (Å²) in [6, 6.07) is 1.43. The summed E-state index contributed by atoms with van der Waals surface area (Å²) in [5, 5.41) is 3.68. The van der Waals surface area contributed by atoms with E-state index in [1.54, 1.807) is 0 Å². The standard InChI is InChI=1S/C13H26N2O/c1-5-13(3)9-15(10(2)8-14-13)11-6-12(7-11)16-4/h10-12,14H,5-9H2,1-4H3. The zero-order valence-corrected chi connectivity index (χ0v) is 11.1. The van der Waals surface area contributed by atoms with Crippen LogP contribution in [-0.2, 0) is 4.74 Å². The topological polar surface area (TPSA) is 24.5 Å². The van der Waals surface area contributed by atoms with Crippen molar-refractivity contribution >= 4 is 0 Å². The highest BCUT2D eigenvalue weighted by atomic mass is 16.5. The summed E-state index contributed by atoms with van der Waals surface area (Å²) in [7, 11) is 1.83. The Hall–Kier alpha value is -0.120. The first-order valence-electron chi connectivity index (χ1n) is 6.61. The lowest BCUT2D eigenvalue weighted by Gasteiger charge is -2.52. The molecule has 0 amide bonds. The molecular formula is C13H26N2O. The van der Waals surface area contributed by atoms with Crippen LogP contribution in [0, 0.1) is 0 Å². The highest BCUT2D eigenvalue weighted by Gasteiger charge is 2.41. The molecule has 94 valence electrons. The van der Waals surface area contributed by atoms with Crippen molar-refractivity contribution in [3.8, 4) is 0 Å². The Morgan fingerprint density at radius 3 is 2.69 bits per heavy atom. The van der Waals surface area contributed by atoms with Gasteiger partial charge in [0.05, 0.1) is 6.10 Å². The molecule has 0 aromatic heterocycles. The van der Waals surface area contributed by atoms with Gasteiger partial charge in [-0.15, -0.1) is 0 Å². The van der Waals surface area contributed by atoms with Crippen LogP contribution >= 0.6 is 0 Å². The first-order chi connectivity index (χ1) is 7.58. The second-order valence-corrected chi connectivity index (χ2v) is 5.80. The summed E-state index contributed by atoms with van der Waals surface area (Å²) < 4.78 is 5.38. The lowest BCUT2D eigenvalue weighted by molar-refractivity contribution is -0.0583. The maximum absolute atomic E-state index is 5.38. The normalized spacial score (nSPS) is 45.4. The van der Waals surface area contributed by atoms with Gasteiger partial charge in [-0.3, -0.25) is 4.90 Å². The summed E-state index contributed by atoms with van der Waals surface area (Å²) in [4.78, 5) is 2.69. The van der Waals surface area contributed by atoms with E-state index in [0.29, 0.717) is 17.7 Å². The van der Waals surface area contributed by atoms with Crippen molar-refractivity contribution in [1.29, 1.82) is 0 Å². The first kappa shape index (κ1) is 12.3. The fourth-order valence-corrected chi connectivity index (χ4v) is 2.85. The summed E-state index contributed by atoms with van der Waals surface area (Å²) in [5.41, 5.74) is 0.310. The van der Waals surface area contributed by atoms with Gasteiger partial charge in [0.15, 0.2) is 0 Å². The van der Waals surface area contributed by atoms with Gasteiger partial charge in [-0.1, -0.05) is 6.92 Å². The maximum atomic E-state index is 5.38. The average Bonchev–Trinajstić information content (AvgIpc) is 2.22. The van der Waals surface area contributed by atoms with E-state index < -0.39 is 0 Å². The van der Waals surface area contributed by atoms with Gasteiger partial charge in [0, 0.05) is 37.8 Å². The van der Waals surface area contributed by atoms with Gasteiger partial charge in [0.25, 0.3) is 0 Å². The van der Waals surface area contributed by atoms with Crippen LogP contribution in [0.5, 0.6) is 0 Å². The summed E-state index contributed by atoms with van der Waals surface area (Å²) >= 11 is 0. The zero-order chi connectivity index (χ0) is 11.8. The molecule has 2 rings (SSSR count). The van der Waals surface area contributed by atoms with Crippen LogP contribution in [0.1, 0.15) is 40.0 Å². The molecule has 16 heavy (non-hydrogen) atoms. The number of rotatable bonds is 3. The van der Waals surface area contributed by atoms with Crippen molar-refractivity contribution in [1.82, 2.24) is 10.2 Å². The Morgan fingerprint density at radius 2 is 2.12 bits per heavy atom. The molecule has 0 spiro atoms. The van der Waals surface area contributed by atoms with Crippen molar-refractivity contribution < 1.29 is 4.74 Å². The fourth-order valence-electron chi connectivity index (χ4n) is 2.85. The molecule has 1 saturated heterocycles. The predicted molar refractivity (Wildman–Crippen MR) is 66.7 cm³/mol. The fraction of sp³-hybridized carbons (Fsp3) is 1.00. The summed E-state index contributed by atoms with van der Waals surface area (Å²) in [6.07, 6.45) is 4.16. The van der Waals surface area contributed by atoms with E-state index in [1.165, 1.54) is 25.8 Å². The molecule has 2 fully saturated rings. The minimum Gasteiger partial charge on any atom is -0.381 e. The van der Waals surface area contributed by atoms with Gasteiger partial charge in [-0.2, -0.15) is 0 Å². The van der Waals surface area contributed by atoms with Crippen LogP contribution in [-0.4, -0.2) is 48.8 Å². The molecule has 0 aromatic carbocycles. The molecular weight excluding hydrogens is 200 g/mol. The molecule has 3 nitrogen and oxygen atoms in total. The van der Waals surface area contributed by atoms with Crippen molar-refractivity contribution in [3.63, 3.8) is 0 Å². The van der Waals surface area contributed by atoms with Gasteiger partial charge in [0.2, 0.25) is 0 Å². The Kier molecular flexibility index (Phi) is 3.57. The largest absolute Gasteiger partial charge is 0.381 e. The predicted octanol–water partition coefficient (Wildman–Crippen LogP) is 1.63. The molecule has 1 saturated carbocycles. The van der Waals surface area contributed by atoms with Crippen LogP contribution in [0.3, 0.4) is 0 Å². The number of nitrogens with zero attached hydrogens (tertiary/aromatic N) is 1. The summed E-state index contributed by atoms with van der Waals surface area (Å²) in [5.74, 6) is 0. The second kappa shape index (κ2) is 4.63. The van der Waals surface area contributed by atoms with Crippen LogP contribution in [0.25, 0.3) is 0 Å². The third-order valence-corrected chi connectivity index (χ3v) is 4.57. The smallest absolute Gasteiger partial charge is 0.0601 e. The molecule has 1 N–H and O–H groups in total. The molecule has 0 bridgehead atoms. The molecule has 1 heterocycles. The monoisotopic (exact) mass is 226 g/mol. The van der Waals surface area contributed by atoms with Crippen LogP contribution in [0.15, 0.2) is 0 Å². The molecule has 3 heteroatoms. The summed E-state index contributed by atoms with van der Waals surface area (Å²) in [6.45, 7) is 9.27. The minimum absolute atomic E-state index is 0.310. The maximum Gasteiger partial charge on any atom is 0.0601 e. The molecule has 1 aliphatic heterocycles. The molecule has 2 unspecified atom stereocenters. The number of hydrogen-bond acceptors (Lipinski definition) is 3. The lowest BCUT2D eigenvalue weighted by atomic mass is 9.83. The van der Waals surface area contributed by atoms with E-state index in [-0.39, 0.29) is 0 Å². The van der Waals surface area contributed by atoms with Gasteiger partial charge >= 0.3 is 0 Å². The van der Waals surface area contributed by atoms with E-state index in [9.17, 15) is 0 Å². The van der Waals surface area contributed by atoms with Gasteiger partial charge in [0.1, 0.15) is 0 Å².